The topological polar surface area (TPSA) is 32.3 Å². The first-order valence-electron chi connectivity index (χ1n) is 6.58. The van der Waals surface area contributed by atoms with Gasteiger partial charge in [-0.3, -0.25) is 0 Å². The number of aryl methyl sites for hydroxylation is 1. The lowest BCUT2D eigenvalue weighted by Crippen LogP contribution is -2.37. The third-order valence-corrected chi connectivity index (χ3v) is 4.32. The molecule has 1 aliphatic rings. The van der Waals surface area contributed by atoms with Gasteiger partial charge in [-0.1, -0.05) is 17.7 Å². The van der Waals surface area contributed by atoms with E-state index in [1.807, 2.05) is 0 Å². The molecule has 0 saturated heterocycles. The summed E-state index contributed by atoms with van der Waals surface area (Å²) in [4.78, 5) is 0. The minimum Gasteiger partial charge on any atom is -0.387 e. The van der Waals surface area contributed by atoms with Crippen molar-refractivity contribution in [2.45, 2.75) is 32.0 Å². The Morgan fingerprint density at radius 2 is 2.00 bits per heavy atom. The van der Waals surface area contributed by atoms with Crippen LogP contribution in [0.2, 0.25) is 5.02 Å². The summed E-state index contributed by atoms with van der Waals surface area (Å²) in [5, 5.41) is 12.5. The Labute approximate surface area is 125 Å². The van der Waals surface area contributed by atoms with Crippen LogP contribution in [0.1, 0.15) is 30.1 Å². The Morgan fingerprint density at radius 3 is 2.52 bits per heavy atom. The summed E-state index contributed by atoms with van der Waals surface area (Å²) in [6, 6.07) is 2.65. The predicted octanol–water partition coefficient (Wildman–Crippen LogP) is 3.75. The number of hydrogen-bond acceptors (Lipinski definition) is 2. The van der Waals surface area contributed by atoms with Gasteiger partial charge in [0.2, 0.25) is 0 Å². The van der Waals surface area contributed by atoms with Crippen molar-refractivity contribution in [1.29, 1.82) is 0 Å². The van der Waals surface area contributed by atoms with E-state index in [2.05, 4.69) is 5.32 Å². The second-order valence-electron chi connectivity index (χ2n) is 5.52. The molecule has 1 atom stereocenters. The maximum atomic E-state index is 13.4. The molecule has 2 nitrogen and oxygen atoms in total. The molecule has 0 bridgehead atoms. The van der Waals surface area contributed by atoms with E-state index in [4.69, 9.17) is 11.6 Å². The average molecular weight is 326 g/mol. The van der Waals surface area contributed by atoms with Crippen LogP contribution in [0.3, 0.4) is 0 Å². The Bertz CT molecular complexity index is 528. The highest BCUT2D eigenvalue weighted by Crippen LogP contribution is 2.57. The first-order valence-corrected chi connectivity index (χ1v) is 6.96. The monoisotopic (exact) mass is 325 g/mol. The quantitative estimate of drug-likeness (QED) is 0.808. The summed E-state index contributed by atoms with van der Waals surface area (Å²) in [5.74, 6) is -0.662. The number of halogens is 5. The molecule has 0 radical (unpaired) electrons. The number of benzene rings is 1. The molecule has 1 saturated carbocycles. The van der Waals surface area contributed by atoms with Crippen molar-refractivity contribution in [2.24, 2.45) is 5.41 Å². The predicted molar refractivity (Wildman–Crippen MR) is 71.7 cm³/mol. The summed E-state index contributed by atoms with van der Waals surface area (Å²) >= 11 is 5.80. The molecule has 21 heavy (non-hydrogen) atoms. The first kappa shape index (κ1) is 16.5. The van der Waals surface area contributed by atoms with Gasteiger partial charge < -0.3 is 10.4 Å². The molecule has 0 aliphatic heterocycles. The van der Waals surface area contributed by atoms with Crippen LogP contribution in [0, 0.1) is 18.2 Å². The van der Waals surface area contributed by atoms with Gasteiger partial charge in [0, 0.05) is 18.7 Å². The summed E-state index contributed by atoms with van der Waals surface area (Å²) in [6.07, 6.45) is -5.20. The zero-order valence-electron chi connectivity index (χ0n) is 11.4. The van der Waals surface area contributed by atoms with Crippen LogP contribution in [-0.2, 0) is 0 Å². The van der Waals surface area contributed by atoms with Crippen LogP contribution in [-0.4, -0.2) is 24.4 Å². The Balaban J connectivity index is 1.98. The number of aliphatic hydroxyl groups is 1. The van der Waals surface area contributed by atoms with Crippen molar-refractivity contribution in [3.63, 3.8) is 0 Å². The standard InChI is InChI=1S/C14H16ClF4NO/c1-8-2-3-9(16)12(15)11(8)10(21)6-20-7-13(4-5-13)14(17,18)19/h2-3,10,20-21H,4-7H2,1H3. The molecule has 1 aromatic carbocycles. The third kappa shape index (κ3) is 3.33. The lowest BCUT2D eigenvalue weighted by atomic mass is 10.0. The van der Waals surface area contributed by atoms with Crippen molar-refractivity contribution in [2.75, 3.05) is 13.1 Å². The van der Waals surface area contributed by atoms with Gasteiger partial charge in [-0.2, -0.15) is 13.2 Å². The zero-order valence-corrected chi connectivity index (χ0v) is 12.2. The SMILES string of the molecule is Cc1ccc(F)c(Cl)c1C(O)CNCC1(C(F)(F)F)CC1. The van der Waals surface area contributed by atoms with Crippen molar-refractivity contribution in [3.05, 3.63) is 34.1 Å². The molecule has 1 unspecified atom stereocenters. The van der Waals surface area contributed by atoms with E-state index in [1.54, 1.807) is 6.92 Å². The largest absolute Gasteiger partial charge is 0.395 e. The van der Waals surface area contributed by atoms with E-state index in [9.17, 15) is 22.7 Å². The van der Waals surface area contributed by atoms with Crippen LogP contribution >= 0.6 is 11.6 Å². The normalized spacial score (nSPS) is 18.6. The Hall–Kier alpha value is -0.850. The van der Waals surface area contributed by atoms with E-state index in [0.717, 1.165) is 0 Å². The Morgan fingerprint density at radius 1 is 1.38 bits per heavy atom. The van der Waals surface area contributed by atoms with E-state index in [-0.39, 0.29) is 36.5 Å². The van der Waals surface area contributed by atoms with Crippen LogP contribution < -0.4 is 5.32 Å². The van der Waals surface area contributed by atoms with Crippen LogP contribution in [0.4, 0.5) is 17.6 Å². The maximum absolute atomic E-state index is 13.4. The van der Waals surface area contributed by atoms with Crippen molar-refractivity contribution >= 4 is 11.6 Å². The lowest BCUT2D eigenvalue weighted by molar-refractivity contribution is -0.185. The van der Waals surface area contributed by atoms with Gasteiger partial charge in [0.05, 0.1) is 16.5 Å². The van der Waals surface area contributed by atoms with Gasteiger partial charge >= 0.3 is 6.18 Å². The van der Waals surface area contributed by atoms with Gasteiger partial charge in [-0.15, -0.1) is 0 Å². The van der Waals surface area contributed by atoms with Gasteiger partial charge in [0.1, 0.15) is 5.82 Å². The fourth-order valence-electron chi connectivity index (χ4n) is 2.33. The summed E-state index contributed by atoms with van der Waals surface area (Å²) < 4.78 is 51.6. The number of rotatable bonds is 5. The molecule has 0 spiro atoms. The van der Waals surface area contributed by atoms with Gasteiger partial charge in [0.25, 0.3) is 0 Å². The maximum Gasteiger partial charge on any atom is 0.395 e. The van der Waals surface area contributed by atoms with Crippen LogP contribution in [0.25, 0.3) is 0 Å². The highest BCUT2D eigenvalue weighted by Gasteiger charge is 2.62. The number of aliphatic hydroxyl groups excluding tert-OH is 1. The Kier molecular flexibility index (Phi) is 4.52. The summed E-state index contributed by atoms with van der Waals surface area (Å²) in [6.45, 7) is 1.29. The van der Waals surface area contributed by atoms with Gasteiger partial charge in [-0.05, 0) is 31.4 Å². The number of alkyl halides is 3. The molecule has 118 valence electrons. The highest BCUT2D eigenvalue weighted by molar-refractivity contribution is 6.31. The molecule has 7 heteroatoms. The molecule has 0 heterocycles. The fourth-order valence-corrected chi connectivity index (χ4v) is 2.67. The second kappa shape index (κ2) is 5.74. The van der Waals surface area contributed by atoms with Gasteiger partial charge in [-0.25, -0.2) is 4.39 Å². The minimum atomic E-state index is -4.24. The molecule has 1 aromatic rings. The van der Waals surface area contributed by atoms with Crippen molar-refractivity contribution in [3.8, 4) is 0 Å². The average Bonchev–Trinajstić information content (AvgIpc) is 3.15. The molecule has 1 aliphatic carbocycles. The zero-order chi connectivity index (χ0) is 15.8. The lowest BCUT2D eigenvalue weighted by Gasteiger charge is -2.21. The second-order valence-corrected chi connectivity index (χ2v) is 5.89. The fraction of sp³-hybridized carbons (Fsp3) is 0.571. The first-order chi connectivity index (χ1) is 9.68. The molecular weight excluding hydrogens is 310 g/mol. The highest BCUT2D eigenvalue weighted by atomic mass is 35.5. The van der Waals surface area contributed by atoms with Gasteiger partial charge in [0.15, 0.2) is 0 Å². The van der Waals surface area contributed by atoms with Crippen LogP contribution in [0.15, 0.2) is 12.1 Å². The summed E-state index contributed by atoms with van der Waals surface area (Å²) in [7, 11) is 0. The molecule has 2 rings (SSSR count). The molecule has 0 aromatic heterocycles. The van der Waals surface area contributed by atoms with E-state index >= 15 is 0 Å². The summed E-state index contributed by atoms with van der Waals surface area (Å²) in [5.41, 5.74) is -0.873. The number of nitrogens with one attached hydrogen (secondary N) is 1. The molecule has 1 fully saturated rings. The molecule has 2 N–H and O–H groups in total. The van der Waals surface area contributed by atoms with E-state index in [0.29, 0.717) is 5.56 Å². The van der Waals surface area contributed by atoms with Crippen molar-refractivity contribution < 1.29 is 22.7 Å². The number of hydrogen-bond donors (Lipinski definition) is 2. The van der Waals surface area contributed by atoms with Crippen molar-refractivity contribution in [1.82, 2.24) is 5.32 Å². The van der Waals surface area contributed by atoms with Crippen LogP contribution in [0.5, 0.6) is 0 Å². The van der Waals surface area contributed by atoms with E-state index in [1.165, 1.54) is 12.1 Å². The minimum absolute atomic E-state index is 0.0966. The molecular formula is C14H16ClF4NO. The van der Waals surface area contributed by atoms with E-state index < -0.39 is 23.5 Å². The smallest absolute Gasteiger partial charge is 0.387 e. The molecule has 0 amide bonds. The third-order valence-electron chi connectivity index (χ3n) is 3.94.